The first-order valence-electron chi connectivity index (χ1n) is 10.3. The van der Waals surface area contributed by atoms with Gasteiger partial charge in [0, 0.05) is 30.1 Å². The van der Waals surface area contributed by atoms with Crippen molar-refractivity contribution in [3.8, 4) is 0 Å². The molecule has 0 amide bonds. The van der Waals surface area contributed by atoms with Gasteiger partial charge in [-0.05, 0) is 42.5 Å². The molecular weight excluding hydrogens is 398 g/mol. The van der Waals surface area contributed by atoms with Gasteiger partial charge in [-0.25, -0.2) is 0 Å². The summed E-state index contributed by atoms with van der Waals surface area (Å²) in [6.45, 7) is 3.66. The summed E-state index contributed by atoms with van der Waals surface area (Å²) in [6, 6.07) is 21.4. The molecule has 1 aliphatic carbocycles. The fraction of sp³-hybridized carbons (Fsp3) is 0.0769. The predicted octanol–water partition coefficient (Wildman–Crippen LogP) is 4.80. The van der Waals surface area contributed by atoms with Crippen molar-refractivity contribution in [1.82, 2.24) is 19.7 Å². The third-order valence-corrected chi connectivity index (χ3v) is 5.67. The van der Waals surface area contributed by atoms with Crippen LogP contribution < -0.4 is 5.32 Å². The molecule has 0 fully saturated rings. The van der Waals surface area contributed by atoms with Crippen LogP contribution in [0.25, 0.3) is 6.08 Å². The fourth-order valence-electron chi connectivity index (χ4n) is 4.11. The third kappa shape index (κ3) is 3.32. The van der Waals surface area contributed by atoms with Crippen molar-refractivity contribution in [2.24, 2.45) is 0 Å². The maximum absolute atomic E-state index is 12.7. The summed E-state index contributed by atoms with van der Waals surface area (Å²) in [4.78, 5) is 22.0. The largest absolute Gasteiger partial charge is 0.338 e. The van der Waals surface area contributed by atoms with Gasteiger partial charge < -0.3 is 5.32 Å². The van der Waals surface area contributed by atoms with Crippen LogP contribution in [0.15, 0.2) is 97.9 Å². The Hall–Kier alpha value is -4.32. The summed E-state index contributed by atoms with van der Waals surface area (Å²) in [5, 5.41) is 7.94. The number of hydrogen-bond acceptors (Lipinski definition) is 5. The first-order valence-corrected chi connectivity index (χ1v) is 10.3. The lowest BCUT2D eigenvalue weighted by atomic mass is 9.72. The van der Waals surface area contributed by atoms with E-state index in [2.05, 4.69) is 33.0 Å². The van der Waals surface area contributed by atoms with Crippen LogP contribution >= 0.6 is 0 Å². The molecule has 32 heavy (non-hydrogen) atoms. The molecule has 0 bridgehead atoms. The maximum atomic E-state index is 12.7. The molecule has 5 rings (SSSR count). The number of allylic oxidation sites excluding steroid dienone is 2. The van der Waals surface area contributed by atoms with E-state index in [-0.39, 0.29) is 5.91 Å². The van der Waals surface area contributed by atoms with Crippen LogP contribution in [0.4, 0.5) is 11.5 Å². The standard InChI is InChI=1S/C26H21N5O/c1-2-24(32)31-21-18-26(22-12-6-8-16-27-22,23-13-7-9-17-28-23)15-14-20(21)25(30-31)29-19-10-4-3-5-11-19/h2-17H,1,18H2,(H,29,30). The van der Waals surface area contributed by atoms with Gasteiger partial charge in [0.15, 0.2) is 5.82 Å². The Kier molecular flexibility index (Phi) is 4.95. The van der Waals surface area contributed by atoms with E-state index >= 15 is 0 Å². The summed E-state index contributed by atoms with van der Waals surface area (Å²) >= 11 is 0. The van der Waals surface area contributed by atoms with E-state index in [0.29, 0.717) is 12.2 Å². The minimum absolute atomic E-state index is 0.284. The number of nitrogens with zero attached hydrogens (tertiary/aromatic N) is 4. The van der Waals surface area contributed by atoms with Crippen LogP contribution in [-0.2, 0) is 11.8 Å². The molecule has 0 saturated carbocycles. The van der Waals surface area contributed by atoms with E-state index in [1.165, 1.54) is 10.8 Å². The Labute approximate surface area is 186 Å². The predicted molar refractivity (Wildman–Crippen MR) is 125 cm³/mol. The van der Waals surface area contributed by atoms with Crippen LogP contribution in [0, 0.1) is 0 Å². The van der Waals surface area contributed by atoms with Gasteiger partial charge in [0.2, 0.25) is 0 Å². The Bertz CT molecular complexity index is 1250. The second-order valence-electron chi connectivity index (χ2n) is 7.57. The van der Waals surface area contributed by atoms with Crippen LogP contribution in [-0.4, -0.2) is 25.7 Å². The number of nitrogens with one attached hydrogen (secondary N) is 1. The van der Waals surface area contributed by atoms with Gasteiger partial charge in [-0.1, -0.05) is 49.1 Å². The van der Waals surface area contributed by atoms with Crippen LogP contribution in [0.3, 0.4) is 0 Å². The quantitative estimate of drug-likeness (QED) is 0.471. The number of anilines is 2. The Morgan fingerprint density at radius 2 is 1.62 bits per heavy atom. The number of rotatable bonds is 5. The average molecular weight is 419 g/mol. The van der Waals surface area contributed by atoms with Crippen LogP contribution in [0.1, 0.15) is 27.4 Å². The van der Waals surface area contributed by atoms with Gasteiger partial charge in [-0.15, -0.1) is 5.10 Å². The molecule has 1 aliphatic rings. The molecule has 156 valence electrons. The summed E-state index contributed by atoms with van der Waals surface area (Å²) in [5.74, 6) is 0.335. The minimum atomic E-state index is -0.626. The zero-order valence-electron chi connectivity index (χ0n) is 17.3. The van der Waals surface area contributed by atoms with E-state index in [1.807, 2.05) is 72.8 Å². The van der Waals surface area contributed by atoms with Crippen molar-refractivity contribution in [2.75, 3.05) is 5.32 Å². The lowest BCUT2D eigenvalue weighted by Gasteiger charge is -2.32. The van der Waals surface area contributed by atoms with Gasteiger partial charge in [-0.3, -0.25) is 14.8 Å². The Morgan fingerprint density at radius 3 is 2.22 bits per heavy atom. The number of carbonyl (C=O) groups excluding carboxylic acids is 1. The molecule has 0 spiro atoms. The van der Waals surface area contributed by atoms with Crippen molar-refractivity contribution in [1.29, 1.82) is 0 Å². The first-order chi connectivity index (χ1) is 15.7. The lowest BCUT2D eigenvalue weighted by molar-refractivity contribution is 0.0950. The highest BCUT2D eigenvalue weighted by Gasteiger charge is 2.40. The molecule has 1 aromatic carbocycles. The van der Waals surface area contributed by atoms with Crippen molar-refractivity contribution < 1.29 is 4.79 Å². The van der Waals surface area contributed by atoms with Gasteiger partial charge in [0.05, 0.1) is 22.5 Å². The number of pyridine rings is 2. The molecule has 3 aromatic heterocycles. The van der Waals surface area contributed by atoms with Crippen molar-refractivity contribution in [2.45, 2.75) is 11.8 Å². The van der Waals surface area contributed by atoms with Crippen molar-refractivity contribution in [3.63, 3.8) is 0 Å². The zero-order valence-corrected chi connectivity index (χ0v) is 17.3. The summed E-state index contributed by atoms with van der Waals surface area (Å²) < 4.78 is 1.43. The maximum Gasteiger partial charge on any atom is 0.270 e. The summed E-state index contributed by atoms with van der Waals surface area (Å²) in [7, 11) is 0. The molecule has 6 nitrogen and oxygen atoms in total. The fourth-order valence-corrected chi connectivity index (χ4v) is 4.11. The molecule has 4 aromatic rings. The third-order valence-electron chi connectivity index (χ3n) is 5.67. The Morgan fingerprint density at radius 1 is 0.969 bits per heavy atom. The molecule has 0 saturated heterocycles. The number of benzene rings is 1. The number of fused-ring (bicyclic) bond motifs is 1. The molecule has 6 heteroatoms. The van der Waals surface area contributed by atoms with Crippen LogP contribution in [0.2, 0.25) is 0 Å². The minimum Gasteiger partial charge on any atom is -0.338 e. The molecule has 3 heterocycles. The SMILES string of the molecule is C=CC(=O)n1nc(Nc2ccccc2)c2c1CC(c1ccccn1)(c1ccccn1)C=C2. The first kappa shape index (κ1) is 19.6. The number of para-hydroxylation sites is 1. The highest BCUT2D eigenvalue weighted by Crippen LogP contribution is 2.42. The van der Waals surface area contributed by atoms with E-state index in [0.717, 1.165) is 28.3 Å². The highest BCUT2D eigenvalue weighted by atomic mass is 16.2. The molecule has 1 N–H and O–H groups in total. The summed E-state index contributed by atoms with van der Waals surface area (Å²) in [5.41, 5.74) is 3.64. The molecule has 0 aliphatic heterocycles. The van der Waals surface area contributed by atoms with Gasteiger partial charge in [0.25, 0.3) is 5.91 Å². The topological polar surface area (TPSA) is 72.7 Å². The van der Waals surface area contributed by atoms with E-state index in [1.54, 1.807) is 12.4 Å². The van der Waals surface area contributed by atoms with E-state index in [4.69, 9.17) is 0 Å². The smallest absolute Gasteiger partial charge is 0.270 e. The molecule has 0 radical (unpaired) electrons. The molecule has 0 unspecified atom stereocenters. The zero-order chi connectivity index (χ0) is 22.0. The normalized spacial score (nSPS) is 13.9. The second-order valence-corrected chi connectivity index (χ2v) is 7.57. The molecule has 0 atom stereocenters. The monoisotopic (exact) mass is 419 g/mol. The highest BCUT2D eigenvalue weighted by molar-refractivity contribution is 5.91. The number of aromatic nitrogens is 4. The average Bonchev–Trinajstić information content (AvgIpc) is 3.22. The van der Waals surface area contributed by atoms with Gasteiger partial charge in [-0.2, -0.15) is 4.68 Å². The van der Waals surface area contributed by atoms with Crippen molar-refractivity contribution >= 4 is 23.5 Å². The van der Waals surface area contributed by atoms with Gasteiger partial charge >= 0.3 is 0 Å². The lowest BCUT2D eigenvalue weighted by Crippen LogP contribution is -2.34. The van der Waals surface area contributed by atoms with Crippen LogP contribution in [0.5, 0.6) is 0 Å². The summed E-state index contributed by atoms with van der Waals surface area (Å²) in [6.07, 6.45) is 9.43. The van der Waals surface area contributed by atoms with Gasteiger partial charge in [0.1, 0.15) is 0 Å². The second kappa shape index (κ2) is 8.07. The van der Waals surface area contributed by atoms with E-state index < -0.39 is 5.41 Å². The Balaban J connectivity index is 1.68. The van der Waals surface area contributed by atoms with E-state index in [9.17, 15) is 4.79 Å². The number of carbonyl (C=O) groups is 1. The number of hydrogen-bond donors (Lipinski definition) is 1. The molecular formula is C26H21N5O. The van der Waals surface area contributed by atoms with Crippen molar-refractivity contribution in [3.05, 3.63) is 120 Å².